The van der Waals surface area contributed by atoms with Crippen LogP contribution in [0.1, 0.15) is 49.4 Å². The summed E-state index contributed by atoms with van der Waals surface area (Å²) >= 11 is 0. The second kappa shape index (κ2) is 6.86. The molecule has 3 heteroatoms. The summed E-state index contributed by atoms with van der Waals surface area (Å²) in [4.78, 5) is 4.51. The number of nitrogens with one attached hydrogen (secondary N) is 1. The molecule has 0 aromatic carbocycles. The van der Waals surface area contributed by atoms with Crippen molar-refractivity contribution in [1.29, 1.82) is 0 Å². The third kappa shape index (κ3) is 3.53. The van der Waals surface area contributed by atoms with Crippen LogP contribution in [0.2, 0.25) is 0 Å². The highest BCUT2D eigenvalue weighted by atomic mass is 16.5. The van der Waals surface area contributed by atoms with Crippen molar-refractivity contribution in [3.63, 3.8) is 0 Å². The minimum Gasteiger partial charge on any atom is -0.378 e. The summed E-state index contributed by atoms with van der Waals surface area (Å²) in [6, 6.07) is 4.50. The van der Waals surface area contributed by atoms with Crippen LogP contribution in [0.15, 0.2) is 18.3 Å². The van der Waals surface area contributed by atoms with Crippen molar-refractivity contribution in [2.75, 3.05) is 13.7 Å². The lowest BCUT2D eigenvalue weighted by Crippen LogP contribution is -2.19. The Morgan fingerprint density at radius 3 is 3.11 bits per heavy atom. The molecule has 2 unspecified atom stereocenters. The monoisotopic (exact) mass is 248 g/mol. The highest BCUT2D eigenvalue weighted by Crippen LogP contribution is 2.23. The molecule has 3 nitrogen and oxygen atoms in total. The van der Waals surface area contributed by atoms with Crippen molar-refractivity contribution in [3.05, 3.63) is 29.6 Å². The molecule has 1 saturated heterocycles. The maximum Gasteiger partial charge on any atom is 0.0602 e. The van der Waals surface area contributed by atoms with Crippen molar-refractivity contribution in [2.24, 2.45) is 0 Å². The van der Waals surface area contributed by atoms with Gasteiger partial charge in [-0.3, -0.25) is 4.98 Å². The molecule has 2 rings (SSSR count). The first-order valence-corrected chi connectivity index (χ1v) is 7.01. The van der Waals surface area contributed by atoms with E-state index in [0.717, 1.165) is 13.0 Å². The maximum atomic E-state index is 5.66. The molecule has 1 aliphatic rings. The Morgan fingerprint density at radius 1 is 1.56 bits per heavy atom. The quantitative estimate of drug-likeness (QED) is 0.840. The van der Waals surface area contributed by atoms with Crippen molar-refractivity contribution >= 4 is 0 Å². The second-order valence-corrected chi connectivity index (χ2v) is 5.11. The van der Waals surface area contributed by atoms with E-state index in [1.807, 2.05) is 19.3 Å². The number of aryl methyl sites for hydroxylation is 1. The Bertz CT molecular complexity index is 361. The summed E-state index contributed by atoms with van der Waals surface area (Å²) in [5, 5.41) is 3.38. The van der Waals surface area contributed by atoms with Gasteiger partial charge in [0, 0.05) is 18.8 Å². The van der Waals surface area contributed by atoms with Gasteiger partial charge in [-0.05, 0) is 57.7 Å². The van der Waals surface area contributed by atoms with E-state index in [9.17, 15) is 0 Å². The molecule has 1 aromatic heterocycles. The predicted molar refractivity (Wildman–Crippen MR) is 73.6 cm³/mol. The van der Waals surface area contributed by atoms with Crippen LogP contribution in [0, 0.1) is 6.92 Å². The van der Waals surface area contributed by atoms with Crippen LogP contribution in [0.25, 0.3) is 0 Å². The van der Waals surface area contributed by atoms with E-state index in [1.54, 1.807) is 0 Å². The number of pyridine rings is 1. The van der Waals surface area contributed by atoms with Gasteiger partial charge in [0.25, 0.3) is 0 Å². The van der Waals surface area contributed by atoms with Crippen molar-refractivity contribution < 1.29 is 4.74 Å². The summed E-state index contributed by atoms with van der Waals surface area (Å²) in [7, 11) is 2.02. The molecule has 100 valence electrons. The van der Waals surface area contributed by atoms with E-state index in [1.165, 1.54) is 36.9 Å². The van der Waals surface area contributed by atoms with Gasteiger partial charge in [-0.1, -0.05) is 6.07 Å². The molecule has 18 heavy (non-hydrogen) atoms. The zero-order chi connectivity index (χ0) is 12.8. The Morgan fingerprint density at radius 2 is 2.44 bits per heavy atom. The summed E-state index contributed by atoms with van der Waals surface area (Å²) in [5.41, 5.74) is 2.46. The van der Waals surface area contributed by atoms with Gasteiger partial charge < -0.3 is 10.1 Å². The number of nitrogens with zero attached hydrogens (tertiary/aromatic N) is 1. The average molecular weight is 248 g/mol. The molecule has 1 fully saturated rings. The molecule has 0 aliphatic carbocycles. The Kier molecular flexibility index (Phi) is 5.14. The number of ether oxygens (including phenoxy) is 1. The van der Waals surface area contributed by atoms with Crippen molar-refractivity contribution in [3.8, 4) is 0 Å². The van der Waals surface area contributed by atoms with Crippen LogP contribution in [-0.2, 0) is 4.74 Å². The van der Waals surface area contributed by atoms with Crippen molar-refractivity contribution in [1.82, 2.24) is 10.3 Å². The van der Waals surface area contributed by atoms with E-state index in [2.05, 4.69) is 23.3 Å². The van der Waals surface area contributed by atoms with E-state index in [0.29, 0.717) is 12.1 Å². The second-order valence-electron chi connectivity index (χ2n) is 5.11. The molecule has 0 saturated carbocycles. The molecule has 0 radical (unpaired) electrons. The van der Waals surface area contributed by atoms with Gasteiger partial charge >= 0.3 is 0 Å². The summed E-state index contributed by atoms with van der Waals surface area (Å²) < 4.78 is 5.66. The van der Waals surface area contributed by atoms with Gasteiger partial charge in [0.05, 0.1) is 11.8 Å². The summed E-state index contributed by atoms with van der Waals surface area (Å²) in [6.07, 6.45) is 8.39. The Balaban J connectivity index is 1.83. The molecule has 0 spiro atoms. The van der Waals surface area contributed by atoms with Gasteiger partial charge in [0.1, 0.15) is 0 Å². The fraction of sp³-hybridized carbons (Fsp3) is 0.667. The molecule has 0 amide bonds. The lowest BCUT2D eigenvalue weighted by molar-refractivity contribution is 0.101. The Hall–Kier alpha value is -0.930. The van der Waals surface area contributed by atoms with E-state index in [4.69, 9.17) is 4.74 Å². The molecular weight excluding hydrogens is 224 g/mol. The highest BCUT2D eigenvalue weighted by molar-refractivity contribution is 5.20. The summed E-state index contributed by atoms with van der Waals surface area (Å²) in [6.45, 7) is 3.09. The largest absolute Gasteiger partial charge is 0.378 e. The van der Waals surface area contributed by atoms with Gasteiger partial charge in [-0.25, -0.2) is 0 Å². The van der Waals surface area contributed by atoms with Gasteiger partial charge in [-0.15, -0.1) is 0 Å². The van der Waals surface area contributed by atoms with Gasteiger partial charge in [0.2, 0.25) is 0 Å². The SMILES string of the molecule is CNC(CCCC1CCCO1)c1ncccc1C. The van der Waals surface area contributed by atoms with Crippen LogP contribution in [-0.4, -0.2) is 24.7 Å². The van der Waals surface area contributed by atoms with Crippen LogP contribution in [0.5, 0.6) is 0 Å². The van der Waals surface area contributed by atoms with Crippen molar-refractivity contribution in [2.45, 2.75) is 51.2 Å². The van der Waals surface area contributed by atoms with Crippen LogP contribution in [0.4, 0.5) is 0 Å². The van der Waals surface area contributed by atoms with Gasteiger partial charge in [-0.2, -0.15) is 0 Å². The normalized spacial score (nSPS) is 21.1. The van der Waals surface area contributed by atoms with Crippen LogP contribution >= 0.6 is 0 Å². The number of hydrogen-bond acceptors (Lipinski definition) is 3. The minimum atomic E-state index is 0.368. The lowest BCUT2D eigenvalue weighted by atomic mass is 10.0. The first-order valence-electron chi connectivity index (χ1n) is 7.01. The lowest BCUT2D eigenvalue weighted by Gasteiger charge is -2.18. The fourth-order valence-electron chi connectivity index (χ4n) is 2.70. The third-order valence-electron chi connectivity index (χ3n) is 3.77. The topological polar surface area (TPSA) is 34.1 Å². The molecule has 0 bridgehead atoms. The highest BCUT2D eigenvalue weighted by Gasteiger charge is 2.17. The third-order valence-corrected chi connectivity index (χ3v) is 3.77. The smallest absolute Gasteiger partial charge is 0.0602 e. The zero-order valence-corrected chi connectivity index (χ0v) is 11.5. The standard InChI is InChI=1S/C15H24N2O/c1-12-6-4-10-17-15(12)14(16-2)9-3-7-13-8-5-11-18-13/h4,6,10,13-14,16H,3,5,7-9,11H2,1-2H3. The molecule has 1 aromatic rings. The van der Waals surface area contributed by atoms with E-state index < -0.39 is 0 Å². The minimum absolute atomic E-state index is 0.368. The Labute approximate surface area is 110 Å². The molecular formula is C15H24N2O. The number of hydrogen-bond donors (Lipinski definition) is 1. The molecule has 2 atom stereocenters. The first kappa shape index (κ1) is 13.5. The average Bonchev–Trinajstić information content (AvgIpc) is 2.89. The van der Waals surface area contributed by atoms with Crippen LogP contribution < -0.4 is 5.32 Å². The molecule has 2 heterocycles. The fourth-order valence-corrected chi connectivity index (χ4v) is 2.70. The number of aromatic nitrogens is 1. The van der Waals surface area contributed by atoms with E-state index >= 15 is 0 Å². The maximum absolute atomic E-state index is 5.66. The molecule has 1 aliphatic heterocycles. The summed E-state index contributed by atoms with van der Waals surface area (Å²) in [5.74, 6) is 0. The van der Waals surface area contributed by atoms with Gasteiger partial charge in [0.15, 0.2) is 0 Å². The first-order chi connectivity index (χ1) is 8.81. The van der Waals surface area contributed by atoms with Crippen LogP contribution in [0.3, 0.4) is 0 Å². The molecule has 1 N–H and O–H groups in total. The number of rotatable bonds is 6. The van der Waals surface area contributed by atoms with E-state index in [-0.39, 0.29) is 0 Å². The predicted octanol–water partition coefficient (Wildman–Crippen LogP) is 3.00. The zero-order valence-electron chi connectivity index (χ0n) is 11.5.